The summed E-state index contributed by atoms with van der Waals surface area (Å²) in [5.74, 6) is -0.758. The summed E-state index contributed by atoms with van der Waals surface area (Å²) in [6, 6.07) is 9.09. The van der Waals surface area contributed by atoms with Gasteiger partial charge in [-0.3, -0.25) is 14.3 Å². The fraction of sp³-hybridized carbons (Fsp3) is 0.312. The zero-order chi connectivity index (χ0) is 16.8. The number of likely N-dealkylation sites (N-methyl/N-ethyl adjacent to an activating group) is 1. The van der Waals surface area contributed by atoms with E-state index in [1.807, 2.05) is 30.3 Å². The maximum Gasteiger partial charge on any atom is 0.241 e. The topological polar surface area (TPSA) is 102 Å². The van der Waals surface area contributed by atoms with E-state index in [1.165, 1.54) is 10.9 Å². The number of halogens is 1. The lowest BCUT2D eigenvalue weighted by molar-refractivity contribution is -0.121. The molecule has 1 aromatic heterocycles. The van der Waals surface area contributed by atoms with Crippen LogP contribution in [0.4, 0.5) is 5.69 Å². The molecule has 4 N–H and O–H groups in total. The van der Waals surface area contributed by atoms with E-state index >= 15 is 0 Å². The smallest absolute Gasteiger partial charge is 0.241 e. The molecule has 130 valence electrons. The summed E-state index contributed by atoms with van der Waals surface area (Å²) < 4.78 is 1.45. The van der Waals surface area contributed by atoms with Gasteiger partial charge >= 0.3 is 0 Å². The zero-order valence-electron chi connectivity index (χ0n) is 13.6. The molecule has 0 bridgehead atoms. The van der Waals surface area contributed by atoms with Crippen LogP contribution in [0.2, 0.25) is 0 Å². The second-order valence-corrected chi connectivity index (χ2v) is 5.31. The number of carbonyl (C=O) groups excluding carboxylic acids is 2. The largest absolute Gasteiger partial charge is 0.358 e. The number of rotatable bonds is 6. The van der Waals surface area contributed by atoms with Crippen molar-refractivity contribution in [3.05, 3.63) is 48.3 Å². The van der Waals surface area contributed by atoms with Gasteiger partial charge in [0.1, 0.15) is 6.54 Å². The highest BCUT2D eigenvalue weighted by atomic mass is 35.5. The maximum absolute atomic E-state index is 12.3. The first-order chi connectivity index (χ1) is 11.0. The quantitative estimate of drug-likeness (QED) is 0.730. The number of amides is 2. The van der Waals surface area contributed by atoms with E-state index in [0.29, 0.717) is 5.69 Å². The molecule has 7 nitrogen and oxygen atoms in total. The van der Waals surface area contributed by atoms with Crippen LogP contribution in [-0.4, -0.2) is 28.6 Å². The fourth-order valence-corrected chi connectivity index (χ4v) is 2.12. The van der Waals surface area contributed by atoms with Crippen molar-refractivity contribution in [2.24, 2.45) is 11.7 Å². The van der Waals surface area contributed by atoms with E-state index < -0.39 is 12.0 Å². The average Bonchev–Trinajstić information content (AvgIpc) is 3.00. The lowest BCUT2D eigenvalue weighted by Crippen LogP contribution is -2.30. The van der Waals surface area contributed by atoms with Crippen molar-refractivity contribution in [3.8, 4) is 0 Å². The molecule has 0 spiro atoms. The van der Waals surface area contributed by atoms with Crippen LogP contribution >= 0.6 is 12.4 Å². The Morgan fingerprint density at radius 1 is 1.29 bits per heavy atom. The van der Waals surface area contributed by atoms with Gasteiger partial charge < -0.3 is 16.4 Å². The summed E-state index contributed by atoms with van der Waals surface area (Å²) in [7, 11) is 1.56. The van der Waals surface area contributed by atoms with Gasteiger partial charge in [-0.25, -0.2) is 0 Å². The SMILES string of the molecule is CNC(=O)Cn1cc(NC(=O)C(C)C(N)c2ccccc2)cn1.Cl. The van der Waals surface area contributed by atoms with Gasteiger partial charge in [-0.2, -0.15) is 5.10 Å². The molecule has 2 amide bonds. The molecule has 0 radical (unpaired) electrons. The van der Waals surface area contributed by atoms with Crippen molar-refractivity contribution >= 4 is 29.9 Å². The number of carbonyl (C=O) groups is 2. The molecule has 2 rings (SSSR count). The molecule has 0 fully saturated rings. The number of anilines is 1. The van der Waals surface area contributed by atoms with Gasteiger partial charge in [0.2, 0.25) is 11.8 Å². The molecule has 0 aliphatic heterocycles. The minimum absolute atomic E-state index is 0. The summed E-state index contributed by atoms with van der Waals surface area (Å²) >= 11 is 0. The van der Waals surface area contributed by atoms with Gasteiger partial charge in [0.25, 0.3) is 0 Å². The Morgan fingerprint density at radius 2 is 1.96 bits per heavy atom. The van der Waals surface area contributed by atoms with E-state index in [4.69, 9.17) is 5.73 Å². The van der Waals surface area contributed by atoms with Crippen LogP contribution < -0.4 is 16.4 Å². The van der Waals surface area contributed by atoms with Crippen LogP contribution in [0.5, 0.6) is 0 Å². The molecule has 2 unspecified atom stereocenters. The number of nitrogens with zero attached hydrogens (tertiary/aromatic N) is 2. The first-order valence-corrected chi connectivity index (χ1v) is 7.35. The molecule has 0 saturated carbocycles. The van der Waals surface area contributed by atoms with E-state index in [0.717, 1.165) is 5.56 Å². The highest BCUT2D eigenvalue weighted by Crippen LogP contribution is 2.20. The van der Waals surface area contributed by atoms with Gasteiger partial charge in [-0.1, -0.05) is 37.3 Å². The molecule has 2 atom stereocenters. The molecule has 1 heterocycles. The minimum atomic E-state index is -0.403. The predicted octanol–water partition coefficient (Wildman–Crippen LogP) is 1.33. The van der Waals surface area contributed by atoms with Crippen molar-refractivity contribution in [1.82, 2.24) is 15.1 Å². The third-order valence-corrected chi connectivity index (χ3v) is 3.62. The molecular weight excluding hydrogens is 330 g/mol. The number of hydrogen-bond acceptors (Lipinski definition) is 4. The van der Waals surface area contributed by atoms with Crippen LogP contribution in [-0.2, 0) is 16.1 Å². The van der Waals surface area contributed by atoms with Crippen LogP contribution in [0.3, 0.4) is 0 Å². The third kappa shape index (κ3) is 5.07. The summed E-state index contributed by atoms with van der Waals surface area (Å²) in [5.41, 5.74) is 7.59. The van der Waals surface area contributed by atoms with Crippen molar-refractivity contribution in [2.45, 2.75) is 19.5 Å². The number of aromatic nitrogens is 2. The lowest BCUT2D eigenvalue weighted by Gasteiger charge is -2.19. The Hall–Kier alpha value is -2.38. The van der Waals surface area contributed by atoms with Crippen molar-refractivity contribution in [1.29, 1.82) is 0 Å². The standard InChI is InChI=1S/C16H21N5O2.ClH/c1-11(15(17)12-6-4-3-5-7-12)16(23)20-13-8-19-21(9-13)10-14(22)18-2;/h3-9,11,15H,10,17H2,1-2H3,(H,18,22)(H,20,23);1H. The first kappa shape index (κ1) is 19.7. The first-order valence-electron chi connectivity index (χ1n) is 7.35. The van der Waals surface area contributed by atoms with Gasteiger partial charge in [0.05, 0.1) is 17.8 Å². The van der Waals surface area contributed by atoms with Gasteiger partial charge in [-0.05, 0) is 5.56 Å². The van der Waals surface area contributed by atoms with Crippen molar-refractivity contribution in [3.63, 3.8) is 0 Å². The minimum Gasteiger partial charge on any atom is -0.358 e. The highest BCUT2D eigenvalue weighted by Gasteiger charge is 2.22. The number of nitrogens with one attached hydrogen (secondary N) is 2. The van der Waals surface area contributed by atoms with Gasteiger partial charge in [-0.15, -0.1) is 12.4 Å². The van der Waals surface area contributed by atoms with E-state index in [-0.39, 0.29) is 30.8 Å². The van der Waals surface area contributed by atoms with Gasteiger partial charge in [0, 0.05) is 19.3 Å². The second kappa shape index (κ2) is 9.05. The fourth-order valence-electron chi connectivity index (χ4n) is 2.12. The average molecular weight is 352 g/mol. The van der Waals surface area contributed by atoms with Crippen molar-refractivity contribution < 1.29 is 9.59 Å². The molecule has 2 aromatic rings. The normalized spacial score (nSPS) is 12.6. The summed E-state index contributed by atoms with van der Waals surface area (Å²) in [4.78, 5) is 23.6. The van der Waals surface area contributed by atoms with Crippen LogP contribution in [0.15, 0.2) is 42.7 Å². The molecule has 0 saturated heterocycles. The highest BCUT2D eigenvalue weighted by molar-refractivity contribution is 5.92. The number of nitrogens with two attached hydrogens (primary N) is 1. The molecular formula is C16H22ClN5O2. The molecule has 8 heteroatoms. The maximum atomic E-state index is 12.3. The van der Waals surface area contributed by atoms with E-state index in [9.17, 15) is 9.59 Å². The lowest BCUT2D eigenvalue weighted by atomic mass is 9.95. The number of hydrogen-bond donors (Lipinski definition) is 3. The van der Waals surface area contributed by atoms with Crippen LogP contribution in [0.1, 0.15) is 18.5 Å². The Kier molecular flexibility index (Phi) is 7.41. The monoisotopic (exact) mass is 351 g/mol. The zero-order valence-corrected chi connectivity index (χ0v) is 14.4. The number of benzene rings is 1. The third-order valence-electron chi connectivity index (χ3n) is 3.62. The summed E-state index contributed by atoms with van der Waals surface area (Å²) in [6.07, 6.45) is 3.11. The van der Waals surface area contributed by atoms with Crippen LogP contribution in [0, 0.1) is 5.92 Å². The molecule has 1 aromatic carbocycles. The molecule has 0 aliphatic carbocycles. The van der Waals surface area contributed by atoms with E-state index in [2.05, 4.69) is 15.7 Å². The predicted molar refractivity (Wildman–Crippen MR) is 94.7 cm³/mol. The summed E-state index contributed by atoms with van der Waals surface area (Å²) in [5, 5.41) is 9.31. The van der Waals surface area contributed by atoms with Gasteiger partial charge in [0.15, 0.2) is 0 Å². The molecule has 0 aliphatic rings. The Balaban J connectivity index is 0.00000288. The Bertz CT molecular complexity index is 674. The molecule has 24 heavy (non-hydrogen) atoms. The Morgan fingerprint density at radius 3 is 2.58 bits per heavy atom. The van der Waals surface area contributed by atoms with Crippen LogP contribution in [0.25, 0.3) is 0 Å². The summed E-state index contributed by atoms with van der Waals surface area (Å²) in [6.45, 7) is 1.88. The van der Waals surface area contributed by atoms with E-state index in [1.54, 1.807) is 20.2 Å². The van der Waals surface area contributed by atoms with Crippen molar-refractivity contribution in [2.75, 3.05) is 12.4 Å². The second-order valence-electron chi connectivity index (χ2n) is 5.31. The Labute approximate surface area is 147 Å².